The van der Waals surface area contributed by atoms with E-state index in [-0.39, 0.29) is 34.6 Å². The molecule has 25 heavy (non-hydrogen) atoms. The average molecular weight is 344 g/mol. The van der Waals surface area contributed by atoms with Gasteiger partial charge in [0.25, 0.3) is 0 Å². The van der Waals surface area contributed by atoms with E-state index < -0.39 is 0 Å². The minimum absolute atomic E-state index is 0.0398. The van der Waals surface area contributed by atoms with Crippen molar-refractivity contribution < 1.29 is 14.7 Å². The lowest BCUT2D eigenvalue weighted by Crippen LogP contribution is -2.56. The number of carbonyl (C=O) groups excluding carboxylic acids is 2. The van der Waals surface area contributed by atoms with Crippen molar-refractivity contribution in [2.24, 2.45) is 34.0 Å². The number of hydrogen-bond acceptors (Lipinski definition) is 3. The van der Waals surface area contributed by atoms with Crippen LogP contribution in [0.3, 0.4) is 0 Å². The maximum atomic E-state index is 12.4. The highest BCUT2D eigenvalue weighted by Gasteiger charge is 2.64. The molecule has 4 aliphatic rings. The Balaban J connectivity index is 1.71. The first-order valence-electron chi connectivity index (χ1n) is 10.1. The van der Waals surface area contributed by atoms with E-state index in [2.05, 4.69) is 20.8 Å². The third-order valence-corrected chi connectivity index (χ3v) is 9.11. The molecule has 4 rings (SSSR count). The van der Waals surface area contributed by atoms with Crippen LogP contribution < -0.4 is 0 Å². The molecule has 0 bridgehead atoms. The summed E-state index contributed by atoms with van der Waals surface area (Å²) in [6.07, 6.45) is 10.2. The molecule has 0 saturated heterocycles. The summed E-state index contributed by atoms with van der Waals surface area (Å²) in [5.74, 6) is 1.59. The van der Waals surface area contributed by atoms with Gasteiger partial charge in [-0.3, -0.25) is 9.59 Å². The Morgan fingerprint density at radius 3 is 2.52 bits per heavy atom. The Bertz CT molecular complexity index is 650. The third kappa shape index (κ3) is 2.20. The number of Topliss-reactive ketones (excluding diaryl/α,β-unsaturated/α-hetero) is 1. The van der Waals surface area contributed by atoms with Gasteiger partial charge in [0.1, 0.15) is 6.61 Å². The molecule has 3 saturated carbocycles. The molecule has 0 aromatic carbocycles. The number of hydrogen-bond donors (Lipinski definition) is 1. The number of aliphatic hydroxyl groups is 1. The predicted molar refractivity (Wildman–Crippen MR) is 96.9 cm³/mol. The number of aliphatic hydroxyl groups excluding tert-OH is 1. The molecular formula is C22H32O3. The summed E-state index contributed by atoms with van der Waals surface area (Å²) < 4.78 is 0. The van der Waals surface area contributed by atoms with Crippen molar-refractivity contribution in [1.82, 2.24) is 0 Å². The van der Waals surface area contributed by atoms with Crippen LogP contribution in [0.4, 0.5) is 0 Å². The van der Waals surface area contributed by atoms with Gasteiger partial charge in [0.15, 0.2) is 11.6 Å². The van der Waals surface area contributed by atoms with E-state index in [4.69, 9.17) is 0 Å². The SMILES string of the molecule is C[C@]12CC[C@@H]3[C@](C)(CCC4=CC(=O)CC[C@]43C)[C@H]1CC[C@H]2C(=O)CO. The number of allylic oxidation sites excluding steroid dienone is 1. The summed E-state index contributed by atoms with van der Waals surface area (Å²) in [6, 6.07) is 0. The maximum Gasteiger partial charge on any atom is 0.161 e. The van der Waals surface area contributed by atoms with Gasteiger partial charge >= 0.3 is 0 Å². The van der Waals surface area contributed by atoms with Crippen molar-refractivity contribution in [1.29, 1.82) is 0 Å². The van der Waals surface area contributed by atoms with Gasteiger partial charge in [0.2, 0.25) is 0 Å². The lowest BCUT2D eigenvalue weighted by atomic mass is 9.41. The van der Waals surface area contributed by atoms with Crippen LogP contribution in [0.5, 0.6) is 0 Å². The van der Waals surface area contributed by atoms with E-state index in [9.17, 15) is 14.7 Å². The summed E-state index contributed by atoms with van der Waals surface area (Å²) in [6.45, 7) is 6.90. The minimum atomic E-state index is -0.306. The highest BCUT2D eigenvalue weighted by atomic mass is 16.3. The van der Waals surface area contributed by atoms with Gasteiger partial charge in [-0.15, -0.1) is 0 Å². The fourth-order valence-corrected chi connectivity index (χ4v) is 7.86. The molecule has 138 valence electrons. The summed E-state index contributed by atoms with van der Waals surface area (Å²) in [7, 11) is 0. The predicted octanol–water partition coefficient (Wildman–Crippen LogP) is 4.09. The number of rotatable bonds is 2. The van der Waals surface area contributed by atoms with Crippen molar-refractivity contribution in [2.75, 3.05) is 6.61 Å². The van der Waals surface area contributed by atoms with Crippen LogP contribution in [0, 0.1) is 34.0 Å². The summed E-state index contributed by atoms with van der Waals surface area (Å²) in [5.41, 5.74) is 1.87. The Morgan fingerprint density at radius 1 is 1.04 bits per heavy atom. The Labute approximate surface area is 151 Å². The molecule has 4 aliphatic carbocycles. The van der Waals surface area contributed by atoms with Crippen molar-refractivity contribution in [3.63, 3.8) is 0 Å². The van der Waals surface area contributed by atoms with Crippen LogP contribution in [-0.4, -0.2) is 23.3 Å². The van der Waals surface area contributed by atoms with Gasteiger partial charge in [-0.05, 0) is 79.1 Å². The molecule has 0 amide bonds. The highest BCUT2D eigenvalue weighted by molar-refractivity contribution is 5.91. The van der Waals surface area contributed by atoms with Crippen molar-refractivity contribution in [3.05, 3.63) is 11.6 Å². The highest BCUT2D eigenvalue weighted by Crippen LogP contribution is 2.71. The van der Waals surface area contributed by atoms with E-state index in [1.54, 1.807) is 0 Å². The molecule has 0 aromatic rings. The molecule has 0 spiro atoms. The van der Waals surface area contributed by atoms with Crippen LogP contribution in [0.2, 0.25) is 0 Å². The average Bonchev–Trinajstić information content (AvgIpc) is 2.93. The second-order valence-electron chi connectivity index (χ2n) is 9.96. The Hall–Kier alpha value is -0.960. The third-order valence-electron chi connectivity index (χ3n) is 9.11. The minimum Gasteiger partial charge on any atom is -0.389 e. The van der Waals surface area contributed by atoms with Crippen LogP contribution in [0.1, 0.15) is 72.1 Å². The van der Waals surface area contributed by atoms with Gasteiger partial charge in [-0.25, -0.2) is 0 Å². The lowest BCUT2D eigenvalue weighted by molar-refractivity contribution is -0.142. The van der Waals surface area contributed by atoms with Crippen LogP contribution >= 0.6 is 0 Å². The topological polar surface area (TPSA) is 54.4 Å². The second kappa shape index (κ2) is 5.52. The molecule has 6 atom stereocenters. The quantitative estimate of drug-likeness (QED) is 0.821. The van der Waals surface area contributed by atoms with Gasteiger partial charge in [0, 0.05) is 12.3 Å². The zero-order valence-electron chi connectivity index (χ0n) is 15.9. The fourth-order valence-electron chi connectivity index (χ4n) is 7.86. The van der Waals surface area contributed by atoms with Crippen LogP contribution in [-0.2, 0) is 9.59 Å². The molecule has 0 heterocycles. The lowest BCUT2D eigenvalue weighted by Gasteiger charge is -2.63. The zero-order valence-corrected chi connectivity index (χ0v) is 15.9. The first-order chi connectivity index (χ1) is 11.8. The van der Waals surface area contributed by atoms with E-state index in [1.807, 2.05) is 6.08 Å². The van der Waals surface area contributed by atoms with Gasteiger partial charge < -0.3 is 5.11 Å². The smallest absolute Gasteiger partial charge is 0.161 e. The number of carbonyl (C=O) groups is 2. The Kier molecular flexibility index (Phi) is 3.85. The van der Waals surface area contributed by atoms with E-state index in [1.165, 1.54) is 5.57 Å². The van der Waals surface area contributed by atoms with Crippen LogP contribution in [0.25, 0.3) is 0 Å². The first-order valence-corrected chi connectivity index (χ1v) is 10.1. The van der Waals surface area contributed by atoms with Gasteiger partial charge in [-0.1, -0.05) is 26.3 Å². The van der Waals surface area contributed by atoms with Crippen molar-refractivity contribution in [2.45, 2.75) is 72.1 Å². The summed E-state index contributed by atoms with van der Waals surface area (Å²) in [5, 5.41) is 9.43. The molecular weight excluding hydrogens is 312 g/mol. The number of fused-ring (bicyclic) bond motifs is 5. The van der Waals surface area contributed by atoms with E-state index in [0.29, 0.717) is 24.0 Å². The monoisotopic (exact) mass is 344 g/mol. The molecule has 0 radical (unpaired) electrons. The normalized spacial score (nSPS) is 49.0. The zero-order chi connectivity index (χ0) is 18.0. The molecule has 0 aliphatic heterocycles. The maximum absolute atomic E-state index is 12.4. The van der Waals surface area contributed by atoms with E-state index in [0.717, 1.165) is 44.9 Å². The number of ketones is 2. The van der Waals surface area contributed by atoms with E-state index >= 15 is 0 Å². The molecule has 3 heteroatoms. The largest absolute Gasteiger partial charge is 0.389 e. The Morgan fingerprint density at radius 2 is 1.80 bits per heavy atom. The first kappa shape index (κ1) is 17.5. The van der Waals surface area contributed by atoms with Gasteiger partial charge in [-0.2, -0.15) is 0 Å². The standard InChI is InChI=1S/C22H32O3/c1-20-10-7-15(24)12-14(20)6-9-22(3)18-5-4-16(17(25)13-23)21(18,2)11-8-19(20)22/h12,16,18-19,23H,4-11,13H2,1-3H3/t16-,18-,19-,20+,21+,22+/m0/s1. The summed E-state index contributed by atoms with van der Waals surface area (Å²) in [4.78, 5) is 24.3. The molecule has 0 aromatic heterocycles. The van der Waals surface area contributed by atoms with Crippen molar-refractivity contribution >= 4 is 11.6 Å². The summed E-state index contributed by atoms with van der Waals surface area (Å²) >= 11 is 0. The molecule has 0 unspecified atom stereocenters. The second-order valence-corrected chi connectivity index (χ2v) is 9.96. The van der Waals surface area contributed by atoms with Crippen LogP contribution in [0.15, 0.2) is 11.6 Å². The molecule has 1 N–H and O–H groups in total. The fraction of sp³-hybridized carbons (Fsp3) is 0.818. The van der Waals surface area contributed by atoms with Gasteiger partial charge in [0.05, 0.1) is 0 Å². The molecule has 3 fully saturated rings. The molecule has 3 nitrogen and oxygen atoms in total. The van der Waals surface area contributed by atoms with Crippen molar-refractivity contribution in [3.8, 4) is 0 Å².